The predicted octanol–water partition coefficient (Wildman–Crippen LogP) is 2.27. The zero-order valence-corrected chi connectivity index (χ0v) is 9.33. The van der Waals surface area contributed by atoms with Crippen LogP contribution >= 0.6 is 0 Å². The lowest BCUT2D eigenvalue weighted by molar-refractivity contribution is -0.174. The third-order valence-corrected chi connectivity index (χ3v) is 2.10. The van der Waals surface area contributed by atoms with Crippen molar-refractivity contribution in [1.29, 1.82) is 0 Å². The Hall–Kier alpha value is -1.27. The van der Waals surface area contributed by atoms with Gasteiger partial charge in [-0.2, -0.15) is 13.2 Å². The summed E-state index contributed by atoms with van der Waals surface area (Å²) in [6, 6.07) is 6.24. The molecule has 1 unspecified atom stereocenters. The van der Waals surface area contributed by atoms with Gasteiger partial charge in [-0.25, -0.2) is 0 Å². The van der Waals surface area contributed by atoms with Gasteiger partial charge in [-0.1, -0.05) is 18.2 Å². The van der Waals surface area contributed by atoms with E-state index in [0.29, 0.717) is 11.3 Å². The van der Waals surface area contributed by atoms with Gasteiger partial charge in [-0.3, -0.25) is 0 Å². The standard InChI is InChI=1S/C11H14F3NO2/c1-16-10-5-3-2-4-8(10)9(15)6-17-7-11(12,13)14/h2-5,9H,6-7,15H2,1H3. The highest BCUT2D eigenvalue weighted by Gasteiger charge is 2.27. The molecule has 2 N–H and O–H groups in total. The Balaban J connectivity index is 2.55. The van der Waals surface area contributed by atoms with Crippen LogP contribution in [0.4, 0.5) is 13.2 Å². The van der Waals surface area contributed by atoms with Gasteiger partial charge >= 0.3 is 6.18 Å². The quantitative estimate of drug-likeness (QED) is 0.870. The fourth-order valence-electron chi connectivity index (χ4n) is 1.36. The molecule has 0 heterocycles. The van der Waals surface area contributed by atoms with Crippen molar-refractivity contribution in [1.82, 2.24) is 0 Å². The molecule has 96 valence electrons. The zero-order valence-electron chi connectivity index (χ0n) is 9.33. The van der Waals surface area contributed by atoms with Crippen LogP contribution in [0, 0.1) is 0 Å². The minimum absolute atomic E-state index is 0.208. The SMILES string of the molecule is COc1ccccc1C(N)COCC(F)(F)F. The molecule has 0 aliphatic heterocycles. The van der Waals surface area contributed by atoms with Crippen molar-refractivity contribution in [3.8, 4) is 5.75 Å². The second kappa shape index (κ2) is 5.88. The first-order valence-electron chi connectivity index (χ1n) is 4.97. The molecular weight excluding hydrogens is 235 g/mol. The normalized spacial score (nSPS) is 13.5. The van der Waals surface area contributed by atoms with Crippen LogP contribution in [-0.4, -0.2) is 26.5 Å². The molecule has 3 nitrogen and oxygen atoms in total. The van der Waals surface area contributed by atoms with Crippen molar-refractivity contribution in [3.05, 3.63) is 29.8 Å². The van der Waals surface area contributed by atoms with Crippen LogP contribution in [0.25, 0.3) is 0 Å². The van der Waals surface area contributed by atoms with Gasteiger partial charge in [0, 0.05) is 5.56 Å². The van der Waals surface area contributed by atoms with Gasteiger partial charge in [0.1, 0.15) is 12.4 Å². The van der Waals surface area contributed by atoms with E-state index in [9.17, 15) is 13.2 Å². The maximum atomic E-state index is 11.9. The molecular formula is C11H14F3NO2. The number of hydrogen-bond acceptors (Lipinski definition) is 3. The molecule has 1 atom stereocenters. The fourth-order valence-corrected chi connectivity index (χ4v) is 1.36. The Bertz CT molecular complexity index is 355. The third-order valence-electron chi connectivity index (χ3n) is 2.10. The number of rotatable bonds is 5. The predicted molar refractivity (Wildman–Crippen MR) is 56.8 cm³/mol. The largest absolute Gasteiger partial charge is 0.496 e. The summed E-state index contributed by atoms with van der Waals surface area (Å²) < 4.78 is 45.2. The van der Waals surface area contributed by atoms with Gasteiger partial charge in [0.25, 0.3) is 0 Å². The Morgan fingerprint density at radius 1 is 1.29 bits per heavy atom. The van der Waals surface area contributed by atoms with Crippen LogP contribution in [0.5, 0.6) is 5.75 Å². The van der Waals surface area contributed by atoms with E-state index in [2.05, 4.69) is 4.74 Å². The Morgan fingerprint density at radius 2 is 1.94 bits per heavy atom. The summed E-state index contributed by atoms with van der Waals surface area (Å²) >= 11 is 0. The average Bonchev–Trinajstić information content (AvgIpc) is 2.27. The Morgan fingerprint density at radius 3 is 2.53 bits per heavy atom. The first-order valence-corrected chi connectivity index (χ1v) is 4.97. The smallest absolute Gasteiger partial charge is 0.411 e. The lowest BCUT2D eigenvalue weighted by atomic mass is 10.1. The number of methoxy groups -OCH3 is 1. The molecule has 1 aromatic carbocycles. The number of nitrogens with two attached hydrogens (primary N) is 1. The van der Waals surface area contributed by atoms with Crippen molar-refractivity contribution < 1.29 is 22.6 Å². The van der Waals surface area contributed by atoms with Gasteiger partial charge in [0.15, 0.2) is 0 Å². The summed E-state index contributed by atoms with van der Waals surface area (Å²) in [5.74, 6) is 0.538. The molecule has 0 saturated heterocycles. The Labute approximate surface area is 97.3 Å². The molecule has 0 fully saturated rings. The maximum absolute atomic E-state index is 11.9. The lowest BCUT2D eigenvalue weighted by Crippen LogP contribution is -2.23. The molecule has 0 aliphatic carbocycles. The van der Waals surface area contributed by atoms with Crippen molar-refractivity contribution in [2.24, 2.45) is 5.73 Å². The van der Waals surface area contributed by atoms with E-state index in [-0.39, 0.29) is 6.61 Å². The molecule has 0 bridgehead atoms. The lowest BCUT2D eigenvalue weighted by Gasteiger charge is -2.16. The topological polar surface area (TPSA) is 44.5 Å². The van der Waals surface area contributed by atoms with E-state index in [1.54, 1.807) is 24.3 Å². The van der Waals surface area contributed by atoms with Crippen LogP contribution in [-0.2, 0) is 4.74 Å². The van der Waals surface area contributed by atoms with Gasteiger partial charge in [-0.05, 0) is 6.07 Å². The second-order valence-electron chi connectivity index (χ2n) is 3.48. The highest BCUT2D eigenvalue weighted by molar-refractivity contribution is 5.35. The first kappa shape index (κ1) is 13.8. The first-order chi connectivity index (χ1) is 7.94. The van der Waals surface area contributed by atoms with E-state index >= 15 is 0 Å². The van der Waals surface area contributed by atoms with Crippen molar-refractivity contribution in [2.75, 3.05) is 20.3 Å². The number of alkyl halides is 3. The summed E-state index contributed by atoms with van der Waals surface area (Å²) in [6.45, 7) is -1.50. The fraction of sp³-hybridized carbons (Fsp3) is 0.455. The van der Waals surface area contributed by atoms with Crippen LogP contribution in [0.3, 0.4) is 0 Å². The van der Waals surface area contributed by atoms with E-state index in [0.717, 1.165) is 0 Å². The minimum atomic E-state index is -4.33. The number of ether oxygens (including phenoxy) is 2. The number of halogens is 3. The van der Waals surface area contributed by atoms with Crippen molar-refractivity contribution in [3.63, 3.8) is 0 Å². The Kier molecular flexibility index (Phi) is 4.77. The van der Waals surface area contributed by atoms with Gasteiger partial charge in [0.05, 0.1) is 19.8 Å². The molecule has 0 saturated carbocycles. The molecule has 0 radical (unpaired) electrons. The van der Waals surface area contributed by atoms with Gasteiger partial charge in [0.2, 0.25) is 0 Å². The van der Waals surface area contributed by atoms with Gasteiger partial charge in [-0.15, -0.1) is 0 Å². The van der Waals surface area contributed by atoms with E-state index < -0.39 is 18.8 Å². The number of benzene rings is 1. The van der Waals surface area contributed by atoms with Crippen molar-refractivity contribution >= 4 is 0 Å². The highest BCUT2D eigenvalue weighted by Crippen LogP contribution is 2.24. The van der Waals surface area contributed by atoms with Crippen LogP contribution < -0.4 is 10.5 Å². The molecule has 0 aromatic heterocycles. The van der Waals surface area contributed by atoms with Crippen LogP contribution in [0.1, 0.15) is 11.6 Å². The third kappa shape index (κ3) is 4.62. The average molecular weight is 249 g/mol. The minimum Gasteiger partial charge on any atom is -0.496 e. The van der Waals surface area contributed by atoms with E-state index in [1.165, 1.54) is 7.11 Å². The second-order valence-corrected chi connectivity index (χ2v) is 3.48. The van der Waals surface area contributed by atoms with Crippen LogP contribution in [0.15, 0.2) is 24.3 Å². The molecule has 17 heavy (non-hydrogen) atoms. The van der Waals surface area contributed by atoms with E-state index in [4.69, 9.17) is 10.5 Å². The summed E-state index contributed by atoms with van der Waals surface area (Å²) in [6.07, 6.45) is -4.33. The highest BCUT2D eigenvalue weighted by atomic mass is 19.4. The summed E-state index contributed by atoms with van der Waals surface area (Å²) in [5, 5.41) is 0. The van der Waals surface area contributed by atoms with Gasteiger partial charge < -0.3 is 15.2 Å². The summed E-state index contributed by atoms with van der Waals surface area (Å²) in [7, 11) is 1.47. The molecule has 6 heteroatoms. The molecule has 1 aromatic rings. The molecule has 0 spiro atoms. The molecule has 0 aliphatic rings. The van der Waals surface area contributed by atoms with E-state index in [1.807, 2.05) is 0 Å². The summed E-state index contributed by atoms with van der Waals surface area (Å²) in [5.41, 5.74) is 6.35. The summed E-state index contributed by atoms with van der Waals surface area (Å²) in [4.78, 5) is 0. The van der Waals surface area contributed by atoms with Crippen LogP contribution in [0.2, 0.25) is 0 Å². The maximum Gasteiger partial charge on any atom is 0.411 e. The monoisotopic (exact) mass is 249 g/mol. The number of para-hydroxylation sites is 1. The van der Waals surface area contributed by atoms with Crippen molar-refractivity contribution in [2.45, 2.75) is 12.2 Å². The molecule has 1 rings (SSSR count). The zero-order chi connectivity index (χ0) is 12.9. The molecule has 0 amide bonds. The number of hydrogen-bond donors (Lipinski definition) is 1.